The predicted molar refractivity (Wildman–Crippen MR) is 83.3 cm³/mol. The van der Waals surface area contributed by atoms with Crippen LogP contribution < -0.4 is 10.1 Å². The number of anilines is 1. The van der Waals surface area contributed by atoms with Crippen molar-refractivity contribution in [3.8, 4) is 11.5 Å². The van der Waals surface area contributed by atoms with Crippen molar-refractivity contribution < 1.29 is 9.84 Å². The molecule has 0 aliphatic carbocycles. The Morgan fingerprint density at radius 2 is 2.10 bits per heavy atom. The second-order valence-corrected chi connectivity index (χ2v) is 5.84. The van der Waals surface area contributed by atoms with Gasteiger partial charge in [-0.2, -0.15) is 0 Å². The van der Waals surface area contributed by atoms with Gasteiger partial charge >= 0.3 is 0 Å². The van der Waals surface area contributed by atoms with Crippen LogP contribution in [-0.4, -0.2) is 11.7 Å². The van der Waals surface area contributed by atoms with Crippen molar-refractivity contribution >= 4 is 21.6 Å². The summed E-state index contributed by atoms with van der Waals surface area (Å²) in [5.74, 6) is 1.20. The number of phenols is 1. The standard InChI is InChI=1S/C16H16BrNO2/c17-11-6-7-14-15(5-2-8-20-16(14)9-11)18-12-3-1-4-13(19)10-12/h1,3-4,6-7,9-10,15,18-19H,2,5,8H2. The zero-order valence-electron chi connectivity index (χ0n) is 11.0. The number of hydrogen-bond donors (Lipinski definition) is 2. The quantitative estimate of drug-likeness (QED) is 0.851. The van der Waals surface area contributed by atoms with Crippen LogP contribution in [0.1, 0.15) is 24.4 Å². The lowest BCUT2D eigenvalue weighted by Gasteiger charge is -2.20. The zero-order chi connectivity index (χ0) is 13.9. The van der Waals surface area contributed by atoms with Crippen LogP contribution in [0.4, 0.5) is 5.69 Å². The molecule has 0 radical (unpaired) electrons. The zero-order valence-corrected chi connectivity index (χ0v) is 12.6. The fourth-order valence-electron chi connectivity index (χ4n) is 2.49. The molecule has 3 nitrogen and oxygen atoms in total. The van der Waals surface area contributed by atoms with Gasteiger partial charge < -0.3 is 15.2 Å². The third kappa shape index (κ3) is 2.90. The number of phenolic OH excluding ortho intramolecular Hbond substituents is 1. The van der Waals surface area contributed by atoms with Crippen LogP contribution >= 0.6 is 15.9 Å². The number of hydrogen-bond acceptors (Lipinski definition) is 3. The largest absolute Gasteiger partial charge is 0.508 e. The Bertz CT molecular complexity index is 615. The van der Waals surface area contributed by atoms with Crippen molar-refractivity contribution in [2.24, 2.45) is 0 Å². The summed E-state index contributed by atoms with van der Waals surface area (Å²) in [4.78, 5) is 0. The van der Waals surface area contributed by atoms with Crippen molar-refractivity contribution in [3.05, 3.63) is 52.5 Å². The van der Waals surface area contributed by atoms with Gasteiger partial charge in [-0.3, -0.25) is 0 Å². The molecule has 1 aliphatic heterocycles. The molecule has 2 N–H and O–H groups in total. The molecule has 0 amide bonds. The number of nitrogens with one attached hydrogen (secondary N) is 1. The molecule has 104 valence electrons. The van der Waals surface area contributed by atoms with E-state index in [1.807, 2.05) is 24.3 Å². The lowest BCUT2D eigenvalue weighted by Crippen LogP contribution is -2.10. The van der Waals surface area contributed by atoms with Gasteiger partial charge in [0.25, 0.3) is 0 Å². The lowest BCUT2D eigenvalue weighted by molar-refractivity contribution is 0.316. The number of fused-ring (bicyclic) bond motifs is 1. The molecule has 3 rings (SSSR count). The number of rotatable bonds is 2. The Balaban J connectivity index is 1.90. The van der Waals surface area contributed by atoms with Gasteiger partial charge in [-0.25, -0.2) is 0 Å². The highest BCUT2D eigenvalue weighted by molar-refractivity contribution is 9.10. The third-order valence-electron chi connectivity index (χ3n) is 3.43. The first-order valence-electron chi connectivity index (χ1n) is 6.70. The Kier molecular flexibility index (Phi) is 3.83. The van der Waals surface area contributed by atoms with Gasteiger partial charge in [0.05, 0.1) is 12.6 Å². The number of benzene rings is 2. The summed E-state index contributed by atoms with van der Waals surface area (Å²) in [7, 11) is 0. The first kappa shape index (κ1) is 13.3. The summed E-state index contributed by atoms with van der Waals surface area (Å²) in [5.41, 5.74) is 2.08. The number of aromatic hydroxyl groups is 1. The summed E-state index contributed by atoms with van der Waals surface area (Å²) in [6, 6.07) is 13.5. The Morgan fingerprint density at radius 3 is 2.95 bits per heavy atom. The summed E-state index contributed by atoms with van der Waals surface area (Å²) in [6.07, 6.45) is 2.01. The first-order valence-corrected chi connectivity index (χ1v) is 7.49. The second-order valence-electron chi connectivity index (χ2n) is 4.92. The van der Waals surface area contributed by atoms with Gasteiger partial charge in [0, 0.05) is 21.8 Å². The minimum atomic E-state index is 0.197. The Hall–Kier alpha value is -1.68. The van der Waals surface area contributed by atoms with Crippen LogP contribution in [0.15, 0.2) is 46.9 Å². The molecule has 0 aromatic heterocycles. The maximum Gasteiger partial charge on any atom is 0.125 e. The highest BCUT2D eigenvalue weighted by atomic mass is 79.9. The van der Waals surface area contributed by atoms with Crippen molar-refractivity contribution in [1.82, 2.24) is 0 Å². The average Bonchev–Trinajstić information content (AvgIpc) is 2.61. The van der Waals surface area contributed by atoms with E-state index in [0.29, 0.717) is 0 Å². The fourth-order valence-corrected chi connectivity index (χ4v) is 2.83. The van der Waals surface area contributed by atoms with Crippen molar-refractivity contribution in [3.63, 3.8) is 0 Å². The van der Waals surface area contributed by atoms with Crippen LogP contribution in [-0.2, 0) is 0 Å². The van der Waals surface area contributed by atoms with E-state index >= 15 is 0 Å². The van der Waals surface area contributed by atoms with Gasteiger partial charge in [0.15, 0.2) is 0 Å². The molecule has 0 saturated carbocycles. The molecule has 2 aromatic carbocycles. The monoisotopic (exact) mass is 333 g/mol. The van der Waals surface area contributed by atoms with E-state index in [0.717, 1.165) is 40.9 Å². The predicted octanol–water partition coefficient (Wildman–Crippen LogP) is 4.48. The molecule has 4 heteroatoms. The molecular weight excluding hydrogens is 318 g/mol. The van der Waals surface area contributed by atoms with Gasteiger partial charge in [0.1, 0.15) is 11.5 Å². The molecular formula is C16H16BrNO2. The van der Waals surface area contributed by atoms with Gasteiger partial charge in [-0.05, 0) is 37.1 Å². The van der Waals surface area contributed by atoms with Gasteiger partial charge in [-0.15, -0.1) is 0 Å². The molecule has 20 heavy (non-hydrogen) atoms. The SMILES string of the molecule is Oc1cccc(NC2CCCOc3cc(Br)ccc32)c1. The first-order chi connectivity index (χ1) is 9.72. The van der Waals surface area contributed by atoms with Crippen molar-refractivity contribution in [1.29, 1.82) is 0 Å². The van der Waals surface area contributed by atoms with Crippen LogP contribution in [0.2, 0.25) is 0 Å². The summed E-state index contributed by atoms with van der Waals surface area (Å²) in [5, 5.41) is 13.0. The molecule has 0 saturated heterocycles. The normalized spacial score (nSPS) is 17.8. The van der Waals surface area contributed by atoms with E-state index in [9.17, 15) is 5.11 Å². The highest BCUT2D eigenvalue weighted by Gasteiger charge is 2.19. The average molecular weight is 334 g/mol. The molecule has 1 heterocycles. The fraction of sp³-hybridized carbons (Fsp3) is 0.250. The molecule has 1 atom stereocenters. The molecule has 0 fully saturated rings. The minimum absolute atomic E-state index is 0.197. The lowest BCUT2D eigenvalue weighted by atomic mass is 10.0. The van der Waals surface area contributed by atoms with Crippen LogP contribution in [0.5, 0.6) is 11.5 Å². The summed E-state index contributed by atoms with van der Waals surface area (Å²) in [6.45, 7) is 0.738. The molecule has 0 bridgehead atoms. The van der Waals surface area contributed by atoms with Crippen molar-refractivity contribution in [2.45, 2.75) is 18.9 Å². The number of ether oxygens (including phenoxy) is 1. The molecule has 0 spiro atoms. The molecule has 1 aliphatic rings. The summed E-state index contributed by atoms with van der Waals surface area (Å²) < 4.78 is 6.82. The number of halogens is 1. The van der Waals surface area contributed by atoms with E-state index in [-0.39, 0.29) is 11.8 Å². The van der Waals surface area contributed by atoms with E-state index < -0.39 is 0 Å². The smallest absolute Gasteiger partial charge is 0.125 e. The van der Waals surface area contributed by atoms with Crippen LogP contribution in [0.25, 0.3) is 0 Å². The molecule has 2 aromatic rings. The Labute approximate surface area is 126 Å². The maximum atomic E-state index is 9.56. The third-order valence-corrected chi connectivity index (χ3v) is 3.93. The second kappa shape index (κ2) is 5.75. The van der Waals surface area contributed by atoms with E-state index in [4.69, 9.17) is 4.74 Å². The van der Waals surface area contributed by atoms with E-state index in [2.05, 4.69) is 27.3 Å². The molecule has 1 unspecified atom stereocenters. The van der Waals surface area contributed by atoms with Crippen LogP contribution in [0.3, 0.4) is 0 Å². The van der Waals surface area contributed by atoms with Gasteiger partial charge in [-0.1, -0.05) is 28.1 Å². The highest BCUT2D eigenvalue weighted by Crippen LogP contribution is 2.36. The van der Waals surface area contributed by atoms with E-state index in [1.165, 1.54) is 0 Å². The summed E-state index contributed by atoms with van der Waals surface area (Å²) >= 11 is 3.48. The Morgan fingerprint density at radius 1 is 1.20 bits per heavy atom. The van der Waals surface area contributed by atoms with E-state index in [1.54, 1.807) is 12.1 Å². The van der Waals surface area contributed by atoms with Crippen molar-refractivity contribution in [2.75, 3.05) is 11.9 Å². The maximum absolute atomic E-state index is 9.56. The topological polar surface area (TPSA) is 41.5 Å². The van der Waals surface area contributed by atoms with Crippen LogP contribution in [0, 0.1) is 0 Å². The van der Waals surface area contributed by atoms with Gasteiger partial charge in [0.2, 0.25) is 0 Å². The minimum Gasteiger partial charge on any atom is -0.508 e.